The van der Waals surface area contributed by atoms with E-state index in [-0.39, 0.29) is 11.9 Å². The number of thioether (sulfide) groups is 1. The normalized spacial score (nSPS) is 13.8. The molecule has 1 aromatic carbocycles. The Morgan fingerprint density at radius 1 is 1.35 bits per heavy atom. The summed E-state index contributed by atoms with van der Waals surface area (Å²) in [6.07, 6.45) is 2.50. The van der Waals surface area contributed by atoms with Crippen LogP contribution in [0.3, 0.4) is 0 Å². The first-order valence-corrected chi connectivity index (χ1v) is 9.26. The van der Waals surface area contributed by atoms with Gasteiger partial charge in [0.15, 0.2) is 0 Å². The minimum Gasteiger partial charge on any atom is -0.468 e. The Kier molecular flexibility index (Phi) is 6.51. The van der Waals surface area contributed by atoms with E-state index >= 15 is 0 Å². The fourth-order valence-corrected chi connectivity index (χ4v) is 3.49. The number of hydrogen-bond donors (Lipinski definition) is 0. The Balaban J connectivity index is 1.96. The fourth-order valence-electron chi connectivity index (χ4n) is 2.74. The molecule has 0 bridgehead atoms. The van der Waals surface area contributed by atoms with Crippen molar-refractivity contribution in [3.8, 4) is 0 Å². The maximum Gasteiger partial charge on any atom is 0.315 e. The zero-order chi connectivity index (χ0) is 16.8. The van der Waals surface area contributed by atoms with E-state index in [2.05, 4.69) is 36.8 Å². The van der Waals surface area contributed by atoms with E-state index < -0.39 is 0 Å². The minimum atomic E-state index is -0.244. The monoisotopic (exact) mass is 335 g/mol. The molecule has 23 heavy (non-hydrogen) atoms. The minimum absolute atomic E-state index is 0.139. The lowest BCUT2D eigenvalue weighted by Crippen LogP contribution is -2.35. The lowest BCUT2D eigenvalue weighted by molar-refractivity contribution is -0.137. The number of rotatable bonds is 6. The number of aryl methyl sites for hydroxylation is 1. The number of carbonyl (C=O) groups excluding carboxylic acids is 2. The molecule has 0 saturated heterocycles. The van der Waals surface area contributed by atoms with Crippen LogP contribution in [0.4, 0.5) is 5.69 Å². The van der Waals surface area contributed by atoms with Crippen LogP contribution < -0.4 is 4.90 Å². The van der Waals surface area contributed by atoms with Crippen molar-refractivity contribution in [2.75, 3.05) is 30.1 Å². The number of ether oxygens (including phenoxy) is 1. The van der Waals surface area contributed by atoms with E-state index in [0.29, 0.717) is 23.8 Å². The van der Waals surface area contributed by atoms with Gasteiger partial charge in [-0.2, -0.15) is 0 Å². The summed E-state index contributed by atoms with van der Waals surface area (Å²) in [5.74, 6) is 1.34. The molecule has 0 N–H and O–H groups in total. The van der Waals surface area contributed by atoms with E-state index in [1.165, 1.54) is 30.0 Å². The highest BCUT2D eigenvalue weighted by Gasteiger charge is 2.22. The highest BCUT2D eigenvalue weighted by atomic mass is 32.2. The van der Waals surface area contributed by atoms with Crippen molar-refractivity contribution in [3.63, 3.8) is 0 Å². The number of esters is 1. The molecule has 1 aromatic rings. The Morgan fingerprint density at radius 3 is 2.83 bits per heavy atom. The lowest BCUT2D eigenvalue weighted by Gasteiger charge is -2.30. The number of hydrogen-bond acceptors (Lipinski definition) is 4. The first kappa shape index (κ1) is 17.9. The van der Waals surface area contributed by atoms with Gasteiger partial charge in [0.1, 0.15) is 0 Å². The zero-order valence-electron chi connectivity index (χ0n) is 14.1. The van der Waals surface area contributed by atoms with Crippen LogP contribution in [0, 0.1) is 0 Å². The van der Waals surface area contributed by atoms with Gasteiger partial charge in [0, 0.05) is 24.4 Å². The van der Waals surface area contributed by atoms with Gasteiger partial charge in [-0.1, -0.05) is 26.0 Å². The van der Waals surface area contributed by atoms with Gasteiger partial charge in [-0.05, 0) is 36.0 Å². The van der Waals surface area contributed by atoms with Gasteiger partial charge in [-0.15, -0.1) is 11.8 Å². The topological polar surface area (TPSA) is 46.6 Å². The van der Waals surface area contributed by atoms with Crippen LogP contribution in [-0.4, -0.2) is 37.0 Å². The molecule has 0 spiro atoms. The summed E-state index contributed by atoms with van der Waals surface area (Å²) in [7, 11) is 1.38. The van der Waals surface area contributed by atoms with E-state index in [1.54, 1.807) is 0 Å². The Bertz CT molecular complexity index is 571. The van der Waals surface area contributed by atoms with Gasteiger partial charge in [0.05, 0.1) is 12.9 Å². The highest BCUT2D eigenvalue weighted by molar-refractivity contribution is 7.99. The van der Waals surface area contributed by atoms with E-state index in [9.17, 15) is 9.59 Å². The molecule has 0 atom stereocenters. The second-order valence-electron chi connectivity index (χ2n) is 6.07. The molecule has 1 aliphatic heterocycles. The van der Waals surface area contributed by atoms with Crippen LogP contribution in [0.5, 0.6) is 0 Å². The smallest absolute Gasteiger partial charge is 0.315 e. The summed E-state index contributed by atoms with van der Waals surface area (Å²) in [5.41, 5.74) is 3.66. The third-order valence-corrected chi connectivity index (χ3v) is 5.03. The highest BCUT2D eigenvalue weighted by Crippen LogP contribution is 2.30. The van der Waals surface area contributed by atoms with Crippen LogP contribution in [0.2, 0.25) is 0 Å². The molecular formula is C18H25NO3S. The van der Waals surface area contributed by atoms with E-state index in [4.69, 9.17) is 0 Å². The zero-order valence-corrected chi connectivity index (χ0v) is 14.9. The van der Waals surface area contributed by atoms with Gasteiger partial charge in [0.25, 0.3) is 0 Å². The van der Waals surface area contributed by atoms with Gasteiger partial charge in [0.2, 0.25) is 5.91 Å². The number of amides is 1. The summed E-state index contributed by atoms with van der Waals surface area (Å²) in [4.78, 5) is 25.5. The predicted octanol–water partition coefficient (Wildman–Crippen LogP) is 3.39. The molecule has 1 heterocycles. The van der Waals surface area contributed by atoms with Crippen LogP contribution in [0.15, 0.2) is 18.2 Å². The number of nitrogens with zero attached hydrogens (tertiary/aromatic N) is 1. The standard InChI is InChI=1S/C18H25NO3S/c1-13(2)14-6-7-16-15(11-14)5-4-9-19(16)17(20)8-10-23-12-18(21)22-3/h6-7,11,13H,4-5,8-10,12H2,1-3H3. The Labute approximate surface area is 142 Å². The number of benzene rings is 1. The van der Waals surface area contributed by atoms with Crippen molar-refractivity contribution in [2.45, 2.75) is 39.0 Å². The first-order valence-electron chi connectivity index (χ1n) is 8.10. The van der Waals surface area contributed by atoms with Gasteiger partial charge in [-0.25, -0.2) is 0 Å². The largest absolute Gasteiger partial charge is 0.468 e. The number of fused-ring (bicyclic) bond motifs is 1. The molecule has 5 heteroatoms. The van der Waals surface area contributed by atoms with Crippen LogP contribution >= 0.6 is 11.8 Å². The first-order chi connectivity index (χ1) is 11.0. The average Bonchev–Trinajstić information content (AvgIpc) is 2.57. The second-order valence-corrected chi connectivity index (χ2v) is 7.18. The summed E-state index contributed by atoms with van der Waals surface area (Å²) in [6, 6.07) is 6.45. The molecule has 0 saturated carbocycles. The summed E-state index contributed by atoms with van der Waals surface area (Å²) in [6.45, 7) is 5.16. The number of methoxy groups -OCH3 is 1. The third kappa shape index (κ3) is 4.74. The fraction of sp³-hybridized carbons (Fsp3) is 0.556. The molecule has 0 aliphatic carbocycles. The molecule has 126 valence electrons. The van der Waals surface area contributed by atoms with Crippen molar-refractivity contribution in [1.82, 2.24) is 0 Å². The lowest BCUT2D eigenvalue weighted by atomic mass is 9.94. The quantitative estimate of drug-likeness (QED) is 0.590. The van der Waals surface area contributed by atoms with E-state index in [1.807, 2.05) is 4.90 Å². The summed E-state index contributed by atoms with van der Waals surface area (Å²) in [5, 5.41) is 0. The van der Waals surface area contributed by atoms with Crippen molar-refractivity contribution < 1.29 is 14.3 Å². The molecule has 0 radical (unpaired) electrons. The van der Waals surface area contributed by atoms with Crippen molar-refractivity contribution in [1.29, 1.82) is 0 Å². The third-order valence-electron chi connectivity index (χ3n) is 4.10. The maximum absolute atomic E-state index is 12.5. The maximum atomic E-state index is 12.5. The molecule has 1 amide bonds. The number of carbonyl (C=O) groups is 2. The molecule has 1 aliphatic rings. The molecule has 4 nitrogen and oxygen atoms in total. The average molecular weight is 335 g/mol. The second kappa shape index (κ2) is 8.39. The van der Waals surface area contributed by atoms with Crippen LogP contribution in [0.1, 0.15) is 43.7 Å². The van der Waals surface area contributed by atoms with Crippen molar-refractivity contribution >= 4 is 29.3 Å². The van der Waals surface area contributed by atoms with Gasteiger partial charge < -0.3 is 9.64 Å². The summed E-state index contributed by atoms with van der Waals surface area (Å²) >= 11 is 1.44. The Hall–Kier alpha value is -1.49. The number of anilines is 1. The van der Waals surface area contributed by atoms with Crippen LogP contribution in [0.25, 0.3) is 0 Å². The summed E-state index contributed by atoms with van der Waals surface area (Å²) < 4.78 is 4.60. The molecule has 0 aromatic heterocycles. The van der Waals surface area contributed by atoms with Gasteiger partial charge in [-0.3, -0.25) is 9.59 Å². The van der Waals surface area contributed by atoms with Crippen molar-refractivity contribution in [3.05, 3.63) is 29.3 Å². The molecule has 0 unspecified atom stereocenters. The SMILES string of the molecule is COC(=O)CSCCC(=O)N1CCCc2cc(C(C)C)ccc21. The van der Waals surface area contributed by atoms with Gasteiger partial charge >= 0.3 is 5.97 Å². The predicted molar refractivity (Wildman–Crippen MR) is 95.2 cm³/mol. The van der Waals surface area contributed by atoms with E-state index in [0.717, 1.165) is 25.1 Å². The van der Waals surface area contributed by atoms with Crippen LogP contribution in [-0.2, 0) is 20.7 Å². The van der Waals surface area contributed by atoms with Crippen molar-refractivity contribution in [2.24, 2.45) is 0 Å². The molecular weight excluding hydrogens is 310 g/mol. The molecule has 0 fully saturated rings. The molecule has 2 rings (SSSR count). The Morgan fingerprint density at radius 2 is 2.13 bits per heavy atom.